The Kier molecular flexibility index (Phi) is 4.44. The number of nitrogens with zero attached hydrogens (tertiary/aromatic N) is 5. The summed E-state index contributed by atoms with van der Waals surface area (Å²) in [6.45, 7) is 0. The fraction of sp³-hybridized carbons (Fsp3) is 0. The van der Waals surface area contributed by atoms with Gasteiger partial charge in [0.25, 0.3) is 5.69 Å². The number of nitrogens with one attached hydrogen (secondary N) is 1. The zero-order valence-electron chi connectivity index (χ0n) is 11.9. The topological polar surface area (TPSA) is 197 Å². The van der Waals surface area contributed by atoms with E-state index in [1.807, 2.05) is 0 Å². The van der Waals surface area contributed by atoms with Gasteiger partial charge in [0.2, 0.25) is 0 Å². The standard InChI is InChI=1S/C11H6N6O8/c18-14(19)7-3-8(15(20)21)11(9(4-7)16(22)23)13-6-1-2-10(12-5-6)17(24)25/h1-5,13H. The molecule has 0 amide bonds. The Morgan fingerprint density at radius 3 is 1.72 bits per heavy atom. The van der Waals surface area contributed by atoms with Crippen LogP contribution in [0.2, 0.25) is 0 Å². The number of nitro benzene ring substituents is 3. The van der Waals surface area contributed by atoms with Crippen LogP contribution in [0.4, 0.5) is 34.3 Å². The van der Waals surface area contributed by atoms with Crippen molar-refractivity contribution in [3.63, 3.8) is 0 Å². The van der Waals surface area contributed by atoms with Gasteiger partial charge in [0.05, 0.1) is 32.6 Å². The highest BCUT2D eigenvalue weighted by molar-refractivity contribution is 5.81. The van der Waals surface area contributed by atoms with Crippen molar-refractivity contribution in [2.75, 3.05) is 5.32 Å². The molecule has 25 heavy (non-hydrogen) atoms. The first-order valence-electron chi connectivity index (χ1n) is 6.19. The predicted octanol–water partition coefficient (Wildman–Crippen LogP) is 2.46. The third-order valence-electron chi connectivity index (χ3n) is 2.89. The van der Waals surface area contributed by atoms with Crippen molar-refractivity contribution in [2.24, 2.45) is 0 Å². The Bertz CT molecular complexity index is 861. The lowest BCUT2D eigenvalue weighted by Gasteiger charge is -2.06. The second-order valence-electron chi connectivity index (χ2n) is 4.42. The van der Waals surface area contributed by atoms with Crippen LogP contribution in [-0.4, -0.2) is 24.7 Å². The molecule has 0 atom stereocenters. The van der Waals surface area contributed by atoms with Gasteiger partial charge in [-0.05, 0) is 16.0 Å². The van der Waals surface area contributed by atoms with Gasteiger partial charge in [-0.15, -0.1) is 0 Å². The van der Waals surface area contributed by atoms with Crippen LogP contribution in [0.25, 0.3) is 0 Å². The maximum atomic E-state index is 11.1. The molecule has 1 heterocycles. The molecule has 0 aliphatic carbocycles. The summed E-state index contributed by atoms with van der Waals surface area (Å²) in [5, 5.41) is 45.9. The molecule has 0 saturated carbocycles. The highest BCUT2D eigenvalue weighted by atomic mass is 16.6. The molecule has 1 N–H and O–H groups in total. The average Bonchev–Trinajstić information content (AvgIpc) is 2.54. The van der Waals surface area contributed by atoms with E-state index in [1.54, 1.807) is 0 Å². The van der Waals surface area contributed by atoms with E-state index in [1.165, 1.54) is 0 Å². The van der Waals surface area contributed by atoms with Crippen LogP contribution in [0.15, 0.2) is 30.5 Å². The van der Waals surface area contributed by atoms with E-state index in [0.717, 1.165) is 18.3 Å². The second-order valence-corrected chi connectivity index (χ2v) is 4.42. The first kappa shape index (κ1) is 17.1. The van der Waals surface area contributed by atoms with Gasteiger partial charge in [-0.1, -0.05) is 0 Å². The Labute approximate surface area is 136 Å². The van der Waals surface area contributed by atoms with E-state index in [0.29, 0.717) is 12.1 Å². The lowest BCUT2D eigenvalue weighted by Crippen LogP contribution is -2.04. The van der Waals surface area contributed by atoms with Gasteiger partial charge in [-0.3, -0.25) is 30.3 Å². The second kappa shape index (κ2) is 6.49. The van der Waals surface area contributed by atoms with Gasteiger partial charge >= 0.3 is 17.2 Å². The molecule has 1 aromatic carbocycles. The van der Waals surface area contributed by atoms with Crippen molar-refractivity contribution in [1.82, 2.24) is 4.98 Å². The zero-order valence-corrected chi connectivity index (χ0v) is 11.9. The van der Waals surface area contributed by atoms with Crippen LogP contribution in [-0.2, 0) is 0 Å². The lowest BCUT2D eigenvalue weighted by atomic mass is 10.2. The molecule has 0 aliphatic heterocycles. The van der Waals surface area contributed by atoms with Gasteiger partial charge in [0.1, 0.15) is 0 Å². The molecule has 0 unspecified atom stereocenters. The van der Waals surface area contributed by atoms with Crippen LogP contribution in [0.5, 0.6) is 0 Å². The summed E-state index contributed by atoms with van der Waals surface area (Å²) in [6, 6.07) is 3.23. The molecule has 0 fully saturated rings. The molecule has 128 valence electrons. The molecule has 2 rings (SSSR count). The van der Waals surface area contributed by atoms with Gasteiger partial charge in [0, 0.05) is 6.07 Å². The Hall–Kier alpha value is -4.23. The number of pyridine rings is 1. The zero-order chi connectivity index (χ0) is 18.7. The Balaban J connectivity index is 2.58. The van der Waals surface area contributed by atoms with Crippen molar-refractivity contribution in [1.29, 1.82) is 0 Å². The predicted molar refractivity (Wildman–Crippen MR) is 80.6 cm³/mol. The molecule has 0 saturated heterocycles. The summed E-state index contributed by atoms with van der Waals surface area (Å²) >= 11 is 0. The van der Waals surface area contributed by atoms with Crippen molar-refractivity contribution in [3.8, 4) is 0 Å². The van der Waals surface area contributed by atoms with Crippen LogP contribution in [0.1, 0.15) is 0 Å². The summed E-state index contributed by atoms with van der Waals surface area (Å²) in [5.74, 6) is -0.502. The van der Waals surface area contributed by atoms with E-state index >= 15 is 0 Å². The third kappa shape index (κ3) is 3.58. The molecule has 14 nitrogen and oxygen atoms in total. The highest BCUT2D eigenvalue weighted by Gasteiger charge is 2.31. The maximum absolute atomic E-state index is 11.1. The molecule has 1 aromatic heterocycles. The maximum Gasteiger partial charge on any atom is 0.363 e. The fourth-order valence-electron chi connectivity index (χ4n) is 1.83. The summed E-state index contributed by atoms with van der Waals surface area (Å²) in [6.07, 6.45) is 0.937. The molecule has 0 bridgehead atoms. The monoisotopic (exact) mass is 350 g/mol. The van der Waals surface area contributed by atoms with Crippen molar-refractivity contribution >= 4 is 34.3 Å². The number of hydrogen-bond donors (Lipinski definition) is 1. The minimum Gasteiger partial charge on any atom is -0.358 e. The van der Waals surface area contributed by atoms with Crippen molar-refractivity contribution in [3.05, 3.63) is 70.9 Å². The van der Waals surface area contributed by atoms with Crippen LogP contribution in [0.3, 0.4) is 0 Å². The summed E-state index contributed by atoms with van der Waals surface area (Å²) in [5.41, 5.74) is -3.27. The third-order valence-corrected chi connectivity index (χ3v) is 2.89. The van der Waals surface area contributed by atoms with E-state index in [2.05, 4.69) is 10.3 Å². The van der Waals surface area contributed by atoms with E-state index in [-0.39, 0.29) is 5.69 Å². The molecular weight excluding hydrogens is 344 g/mol. The largest absolute Gasteiger partial charge is 0.363 e. The van der Waals surface area contributed by atoms with Crippen LogP contribution < -0.4 is 5.32 Å². The van der Waals surface area contributed by atoms with Gasteiger partial charge in [-0.2, -0.15) is 0 Å². The molecule has 0 spiro atoms. The quantitative estimate of drug-likeness (QED) is 0.596. The smallest absolute Gasteiger partial charge is 0.358 e. The number of rotatable bonds is 6. The lowest BCUT2D eigenvalue weighted by molar-refractivity contribution is -0.401. The summed E-state index contributed by atoms with van der Waals surface area (Å²) in [7, 11) is 0. The first-order chi connectivity index (χ1) is 11.7. The normalized spacial score (nSPS) is 10.1. The fourth-order valence-corrected chi connectivity index (χ4v) is 1.83. The Morgan fingerprint density at radius 2 is 1.36 bits per heavy atom. The number of anilines is 2. The van der Waals surface area contributed by atoms with Gasteiger partial charge in [-0.25, -0.2) is 0 Å². The van der Waals surface area contributed by atoms with Crippen molar-refractivity contribution in [2.45, 2.75) is 0 Å². The molecule has 2 aromatic rings. The van der Waals surface area contributed by atoms with Gasteiger partial charge < -0.3 is 15.4 Å². The van der Waals surface area contributed by atoms with Crippen LogP contribution in [0, 0.1) is 40.5 Å². The number of hydrogen-bond acceptors (Lipinski definition) is 10. The average molecular weight is 350 g/mol. The minimum absolute atomic E-state index is 0.0225. The Morgan fingerprint density at radius 1 is 0.800 bits per heavy atom. The summed E-state index contributed by atoms with van der Waals surface area (Å²) in [4.78, 5) is 43.2. The number of aromatic nitrogens is 1. The van der Waals surface area contributed by atoms with E-state index < -0.39 is 48.3 Å². The van der Waals surface area contributed by atoms with Crippen molar-refractivity contribution < 1.29 is 19.7 Å². The van der Waals surface area contributed by atoms with Gasteiger partial charge in [0.15, 0.2) is 11.9 Å². The summed E-state index contributed by atoms with van der Waals surface area (Å²) < 4.78 is 0. The molecular formula is C11H6N6O8. The molecule has 0 radical (unpaired) electrons. The number of nitro groups is 4. The van der Waals surface area contributed by atoms with Crippen LogP contribution >= 0.6 is 0 Å². The minimum atomic E-state index is -1.03. The number of non-ortho nitro benzene ring substituents is 1. The molecule has 0 aliphatic rings. The SMILES string of the molecule is O=[N+]([O-])c1cc([N+](=O)[O-])c(Nc2ccc([N+](=O)[O-])nc2)c([N+](=O)[O-])c1. The highest BCUT2D eigenvalue weighted by Crippen LogP contribution is 2.39. The van der Waals surface area contributed by atoms with E-state index in [4.69, 9.17) is 0 Å². The van der Waals surface area contributed by atoms with E-state index in [9.17, 15) is 40.5 Å². The first-order valence-corrected chi connectivity index (χ1v) is 6.19. The molecule has 14 heteroatoms. The number of benzene rings is 1.